The standard InChI is InChI=1S/C22H24N4O3S/c23-11-17-15-7-3-9-19(15)30-22(17)26-20(27)13-24-18-8-2-1-6-16(18)21(28)25-12-14-5-4-10-29-14/h1-2,6,8,14,24H,3-5,7,9-10,12-13H2,(H,25,28)(H,26,27)/t14-/m1/s1. The third-order valence-electron chi connectivity index (χ3n) is 5.41. The average molecular weight is 425 g/mol. The molecule has 0 radical (unpaired) electrons. The molecule has 2 amide bonds. The number of aryl methyl sites for hydroxylation is 1. The number of carbonyl (C=O) groups is 2. The van der Waals surface area contributed by atoms with Gasteiger partial charge in [0.1, 0.15) is 11.1 Å². The van der Waals surface area contributed by atoms with E-state index in [9.17, 15) is 14.9 Å². The predicted molar refractivity (Wildman–Crippen MR) is 116 cm³/mol. The molecular formula is C22H24N4O3S. The lowest BCUT2D eigenvalue weighted by Gasteiger charge is -2.14. The van der Waals surface area contributed by atoms with Crippen molar-refractivity contribution in [3.05, 3.63) is 45.8 Å². The molecule has 156 valence electrons. The summed E-state index contributed by atoms with van der Waals surface area (Å²) < 4.78 is 5.54. The highest BCUT2D eigenvalue weighted by molar-refractivity contribution is 7.16. The molecule has 1 fully saturated rings. The van der Waals surface area contributed by atoms with Gasteiger partial charge in [-0.25, -0.2) is 0 Å². The Bertz CT molecular complexity index is 989. The molecule has 2 heterocycles. The van der Waals surface area contributed by atoms with E-state index >= 15 is 0 Å². The van der Waals surface area contributed by atoms with Gasteiger partial charge >= 0.3 is 0 Å². The molecule has 0 unspecified atom stereocenters. The molecule has 0 spiro atoms. The molecule has 1 aromatic carbocycles. The summed E-state index contributed by atoms with van der Waals surface area (Å²) in [4.78, 5) is 26.2. The van der Waals surface area contributed by atoms with Crippen molar-refractivity contribution < 1.29 is 14.3 Å². The molecule has 1 atom stereocenters. The first-order chi connectivity index (χ1) is 14.7. The highest BCUT2D eigenvalue weighted by Crippen LogP contribution is 2.38. The lowest BCUT2D eigenvalue weighted by molar-refractivity contribution is -0.114. The van der Waals surface area contributed by atoms with Crippen molar-refractivity contribution in [3.63, 3.8) is 0 Å². The Balaban J connectivity index is 1.35. The molecule has 2 aromatic rings. The van der Waals surface area contributed by atoms with E-state index in [1.165, 1.54) is 16.2 Å². The number of carbonyl (C=O) groups excluding carboxylic acids is 2. The zero-order valence-corrected chi connectivity index (χ0v) is 17.4. The number of amides is 2. The quantitative estimate of drug-likeness (QED) is 0.634. The van der Waals surface area contributed by atoms with Crippen molar-refractivity contribution in [1.82, 2.24) is 5.32 Å². The van der Waals surface area contributed by atoms with E-state index in [1.807, 2.05) is 6.07 Å². The van der Waals surface area contributed by atoms with Crippen LogP contribution in [0.25, 0.3) is 0 Å². The molecule has 2 aliphatic rings. The smallest absolute Gasteiger partial charge is 0.253 e. The van der Waals surface area contributed by atoms with Crippen molar-refractivity contribution in [3.8, 4) is 6.07 Å². The number of fused-ring (bicyclic) bond motifs is 1. The van der Waals surface area contributed by atoms with Crippen LogP contribution in [0.15, 0.2) is 24.3 Å². The van der Waals surface area contributed by atoms with Gasteiger partial charge in [0, 0.05) is 23.7 Å². The van der Waals surface area contributed by atoms with E-state index < -0.39 is 0 Å². The fourth-order valence-corrected chi connectivity index (χ4v) is 5.16. The Hall–Kier alpha value is -2.89. The van der Waals surface area contributed by atoms with E-state index in [1.54, 1.807) is 18.2 Å². The minimum atomic E-state index is -0.249. The third kappa shape index (κ3) is 4.48. The number of hydrogen-bond donors (Lipinski definition) is 3. The van der Waals surface area contributed by atoms with Crippen LogP contribution in [-0.4, -0.2) is 37.6 Å². The van der Waals surface area contributed by atoms with Crippen LogP contribution in [0.2, 0.25) is 0 Å². The number of nitrogens with one attached hydrogen (secondary N) is 3. The van der Waals surface area contributed by atoms with Crippen LogP contribution in [0.4, 0.5) is 10.7 Å². The lowest BCUT2D eigenvalue weighted by Crippen LogP contribution is -2.32. The van der Waals surface area contributed by atoms with E-state index in [0.29, 0.717) is 28.4 Å². The van der Waals surface area contributed by atoms with Crippen molar-refractivity contribution in [2.75, 3.05) is 30.3 Å². The number of anilines is 2. The Morgan fingerprint density at radius 1 is 1.23 bits per heavy atom. The summed E-state index contributed by atoms with van der Waals surface area (Å²) in [6.07, 6.45) is 4.99. The fraction of sp³-hybridized carbons (Fsp3) is 0.409. The molecule has 30 heavy (non-hydrogen) atoms. The average Bonchev–Trinajstić information content (AvgIpc) is 3.48. The first kappa shape index (κ1) is 20.4. The molecular weight excluding hydrogens is 400 g/mol. The summed E-state index contributed by atoms with van der Waals surface area (Å²) in [6.45, 7) is 1.23. The van der Waals surface area contributed by atoms with Gasteiger partial charge in [0.2, 0.25) is 5.91 Å². The lowest BCUT2D eigenvalue weighted by atomic mass is 10.1. The number of hydrogen-bond acceptors (Lipinski definition) is 6. The number of para-hydroxylation sites is 1. The normalized spacial score (nSPS) is 17.2. The first-order valence-corrected chi connectivity index (χ1v) is 11.0. The summed E-state index contributed by atoms with van der Waals surface area (Å²) in [6, 6.07) is 9.33. The number of nitriles is 1. The van der Waals surface area contributed by atoms with Gasteiger partial charge in [0.25, 0.3) is 5.91 Å². The predicted octanol–water partition coefficient (Wildman–Crippen LogP) is 3.07. The Labute approximate surface area is 179 Å². The fourth-order valence-electron chi connectivity index (χ4n) is 3.90. The SMILES string of the molecule is N#Cc1c(NC(=O)CNc2ccccc2C(=O)NC[C@H]2CCCO2)sc2c1CCC2. The van der Waals surface area contributed by atoms with Gasteiger partial charge in [0.15, 0.2) is 0 Å². The maximum Gasteiger partial charge on any atom is 0.253 e. The van der Waals surface area contributed by atoms with Crippen LogP contribution in [0.1, 0.15) is 45.6 Å². The van der Waals surface area contributed by atoms with Gasteiger partial charge < -0.3 is 20.7 Å². The number of rotatable bonds is 7. The largest absolute Gasteiger partial charge is 0.376 e. The maximum absolute atomic E-state index is 12.6. The number of nitrogens with zero attached hydrogens (tertiary/aromatic N) is 1. The molecule has 0 bridgehead atoms. The van der Waals surface area contributed by atoms with Crippen LogP contribution in [0, 0.1) is 11.3 Å². The van der Waals surface area contributed by atoms with Gasteiger partial charge in [-0.15, -0.1) is 11.3 Å². The van der Waals surface area contributed by atoms with Crippen molar-refractivity contribution in [1.29, 1.82) is 5.26 Å². The molecule has 1 saturated heterocycles. The number of benzene rings is 1. The topological polar surface area (TPSA) is 103 Å². The number of ether oxygens (including phenoxy) is 1. The molecule has 0 saturated carbocycles. The van der Waals surface area contributed by atoms with Gasteiger partial charge in [-0.2, -0.15) is 5.26 Å². The monoisotopic (exact) mass is 424 g/mol. The summed E-state index contributed by atoms with van der Waals surface area (Å²) >= 11 is 1.49. The Kier molecular flexibility index (Phi) is 6.31. The second-order valence-electron chi connectivity index (χ2n) is 7.47. The second kappa shape index (κ2) is 9.28. The van der Waals surface area contributed by atoms with E-state index in [2.05, 4.69) is 22.0 Å². The minimum absolute atomic E-state index is 0.00344. The van der Waals surface area contributed by atoms with Crippen LogP contribution in [-0.2, 0) is 22.4 Å². The van der Waals surface area contributed by atoms with Gasteiger partial charge in [-0.05, 0) is 49.8 Å². The maximum atomic E-state index is 12.6. The van der Waals surface area contributed by atoms with Crippen LogP contribution in [0.5, 0.6) is 0 Å². The Morgan fingerprint density at radius 3 is 2.90 bits per heavy atom. The summed E-state index contributed by atoms with van der Waals surface area (Å²) in [7, 11) is 0. The number of thiophene rings is 1. The van der Waals surface area contributed by atoms with Crippen LogP contribution >= 0.6 is 11.3 Å². The zero-order chi connectivity index (χ0) is 20.9. The van der Waals surface area contributed by atoms with Crippen LogP contribution in [0.3, 0.4) is 0 Å². The molecule has 8 heteroatoms. The van der Waals surface area contributed by atoms with Crippen LogP contribution < -0.4 is 16.0 Å². The van der Waals surface area contributed by atoms with Gasteiger partial charge in [0.05, 0.1) is 23.8 Å². The molecule has 1 aromatic heterocycles. The van der Waals surface area contributed by atoms with E-state index in [-0.39, 0.29) is 24.5 Å². The second-order valence-corrected chi connectivity index (χ2v) is 8.57. The summed E-state index contributed by atoms with van der Waals surface area (Å²) in [5.74, 6) is -0.448. The molecule has 4 rings (SSSR count). The van der Waals surface area contributed by atoms with Crippen molar-refractivity contribution in [2.45, 2.75) is 38.2 Å². The highest BCUT2D eigenvalue weighted by atomic mass is 32.1. The zero-order valence-electron chi connectivity index (χ0n) is 16.6. The summed E-state index contributed by atoms with van der Waals surface area (Å²) in [5, 5.41) is 18.9. The van der Waals surface area contributed by atoms with Gasteiger partial charge in [-0.3, -0.25) is 9.59 Å². The van der Waals surface area contributed by atoms with E-state index in [0.717, 1.165) is 44.3 Å². The van der Waals surface area contributed by atoms with Gasteiger partial charge in [-0.1, -0.05) is 12.1 Å². The molecule has 1 aliphatic heterocycles. The molecule has 1 aliphatic carbocycles. The highest BCUT2D eigenvalue weighted by Gasteiger charge is 2.23. The van der Waals surface area contributed by atoms with Crippen molar-refractivity contribution >= 4 is 33.8 Å². The van der Waals surface area contributed by atoms with Crippen molar-refractivity contribution in [2.24, 2.45) is 0 Å². The van der Waals surface area contributed by atoms with E-state index in [4.69, 9.17) is 4.74 Å². The molecule has 3 N–H and O–H groups in total. The third-order valence-corrected chi connectivity index (χ3v) is 6.62. The minimum Gasteiger partial charge on any atom is -0.376 e. The molecule has 7 nitrogen and oxygen atoms in total. The first-order valence-electron chi connectivity index (χ1n) is 10.2. The summed E-state index contributed by atoms with van der Waals surface area (Å²) in [5.41, 5.74) is 2.75. The Morgan fingerprint density at radius 2 is 2.10 bits per heavy atom.